The van der Waals surface area contributed by atoms with E-state index >= 15 is 0 Å². The number of amides is 1. The zero-order valence-corrected chi connectivity index (χ0v) is 14.1. The van der Waals surface area contributed by atoms with Crippen LogP contribution in [0.2, 0.25) is 0 Å². The maximum absolute atomic E-state index is 12.4. The van der Waals surface area contributed by atoms with Gasteiger partial charge in [0.15, 0.2) is 5.65 Å². The average molecular weight is 351 g/mol. The zero-order valence-electron chi connectivity index (χ0n) is 14.1. The number of aromatic nitrogens is 3. The number of nitrogens with one attached hydrogen (secondary N) is 1. The van der Waals surface area contributed by atoms with Gasteiger partial charge in [0.05, 0.1) is 22.9 Å². The van der Waals surface area contributed by atoms with E-state index in [0.29, 0.717) is 22.6 Å². The number of nitrogens with zero attached hydrogens (tertiary/aromatic N) is 4. The number of hydrogen-bond donors (Lipinski definition) is 1. The lowest BCUT2D eigenvalue weighted by atomic mass is 10.1. The van der Waals surface area contributed by atoms with Gasteiger partial charge in [0.25, 0.3) is 5.91 Å². The maximum Gasteiger partial charge on any atom is 0.258 e. The molecule has 27 heavy (non-hydrogen) atoms. The molecule has 0 radical (unpaired) electrons. The highest BCUT2D eigenvalue weighted by Crippen LogP contribution is 2.18. The summed E-state index contributed by atoms with van der Waals surface area (Å²) in [5.74, 6) is 0.138. The Hall–Kier alpha value is -4.11. The van der Waals surface area contributed by atoms with Gasteiger partial charge in [0.2, 0.25) is 0 Å². The lowest BCUT2D eigenvalue weighted by Crippen LogP contribution is -2.13. The van der Waals surface area contributed by atoms with Crippen molar-refractivity contribution in [2.75, 3.05) is 5.32 Å². The van der Waals surface area contributed by atoms with Crippen molar-refractivity contribution in [3.8, 4) is 17.3 Å². The second-order valence-corrected chi connectivity index (χ2v) is 5.82. The van der Waals surface area contributed by atoms with E-state index in [1.165, 1.54) is 6.20 Å². The third kappa shape index (κ3) is 3.48. The fourth-order valence-corrected chi connectivity index (χ4v) is 2.63. The van der Waals surface area contributed by atoms with E-state index in [9.17, 15) is 4.79 Å². The van der Waals surface area contributed by atoms with Crippen LogP contribution in [0.15, 0.2) is 73.1 Å². The molecule has 128 valence electrons. The Morgan fingerprint density at radius 3 is 2.56 bits per heavy atom. The fraction of sp³-hybridized carbons (Fsp3) is 0. The lowest BCUT2D eigenvalue weighted by molar-refractivity contribution is 0.102. The summed E-state index contributed by atoms with van der Waals surface area (Å²) < 4.78 is 0. The van der Waals surface area contributed by atoms with Crippen molar-refractivity contribution in [2.45, 2.75) is 0 Å². The van der Waals surface area contributed by atoms with Crippen LogP contribution in [0.3, 0.4) is 0 Å². The van der Waals surface area contributed by atoms with E-state index in [-0.39, 0.29) is 5.91 Å². The number of anilines is 1. The minimum absolute atomic E-state index is 0.295. The third-order valence-electron chi connectivity index (χ3n) is 4.04. The van der Waals surface area contributed by atoms with Gasteiger partial charge in [0.1, 0.15) is 5.82 Å². The number of carbonyl (C=O) groups excluding carboxylic acids is 1. The normalized spacial score (nSPS) is 10.3. The largest absolute Gasteiger partial charge is 0.306 e. The van der Waals surface area contributed by atoms with Crippen molar-refractivity contribution in [1.82, 2.24) is 15.0 Å². The Morgan fingerprint density at radius 2 is 1.81 bits per heavy atom. The summed E-state index contributed by atoms with van der Waals surface area (Å²) in [4.78, 5) is 25.3. The fourth-order valence-electron chi connectivity index (χ4n) is 2.63. The first kappa shape index (κ1) is 16.4. The molecule has 6 heteroatoms. The first-order chi connectivity index (χ1) is 13.2. The van der Waals surface area contributed by atoms with Crippen LogP contribution < -0.4 is 5.32 Å². The quantitative estimate of drug-likeness (QED) is 0.606. The molecule has 6 nitrogen and oxygen atoms in total. The predicted molar refractivity (Wildman–Crippen MR) is 102 cm³/mol. The molecule has 0 spiro atoms. The van der Waals surface area contributed by atoms with E-state index in [1.54, 1.807) is 36.5 Å². The molecule has 0 bridgehead atoms. The van der Waals surface area contributed by atoms with Crippen molar-refractivity contribution < 1.29 is 4.79 Å². The molecule has 1 amide bonds. The maximum atomic E-state index is 12.4. The van der Waals surface area contributed by atoms with Gasteiger partial charge in [-0.25, -0.2) is 9.97 Å². The highest BCUT2D eigenvalue weighted by molar-refractivity contribution is 6.04. The van der Waals surface area contributed by atoms with Crippen molar-refractivity contribution >= 4 is 22.8 Å². The van der Waals surface area contributed by atoms with E-state index in [1.807, 2.05) is 30.3 Å². The Labute approximate surface area is 155 Å². The molecule has 0 saturated carbocycles. The Kier molecular flexibility index (Phi) is 4.25. The molecule has 3 aromatic heterocycles. The smallest absolute Gasteiger partial charge is 0.258 e. The zero-order chi connectivity index (χ0) is 18.6. The van der Waals surface area contributed by atoms with Crippen molar-refractivity contribution in [2.24, 2.45) is 0 Å². The van der Waals surface area contributed by atoms with Crippen LogP contribution in [-0.2, 0) is 0 Å². The summed E-state index contributed by atoms with van der Waals surface area (Å²) in [5.41, 5.74) is 3.19. The van der Waals surface area contributed by atoms with E-state index in [2.05, 4.69) is 26.3 Å². The summed E-state index contributed by atoms with van der Waals surface area (Å²) in [5, 5.41) is 12.5. The Morgan fingerprint density at radius 1 is 0.963 bits per heavy atom. The van der Waals surface area contributed by atoms with Crippen molar-refractivity contribution in [3.63, 3.8) is 0 Å². The van der Waals surface area contributed by atoms with Crippen LogP contribution in [0.1, 0.15) is 15.9 Å². The second-order valence-electron chi connectivity index (χ2n) is 5.82. The number of nitriles is 1. The van der Waals surface area contributed by atoms with Gasteiger partial charge in [-0.3, -0.25) is 9.78 Å². The van der Waals surface area contributed by atoms with Crippen LogP contribution >= 0.6 is 0 Å². The molecule has 3 heterocycles. The van der Waals surface area contributed by atoms with Gasteiger partial charge in [0, 0.05) is 23.3 Å². The number of fused-ring (bicyclic) bond motifs is 1. The number of rotatable bonds is 3. The average Bonchev–Trinajstić information content (AvgIpc) is 2.74. The molecule has 0 aliphatic rings. The predicted octanol–water partition coefficient (Wildman–Crippen LogP) is 3.82. The monoisotopic (exact) mass is 351 g/mol. The first-order valence-corrected chi connectivity index (χ1v) is 8.23. The summed E-state index contributed by atoms with van der Waals surface area (Å²) >= 11 is 0. The molecular formula is C21H13N5O. The van der Waals surface area contributed by atoms with Crippen LogP contribution in [-0.4, -0.2) is 20.9 Å². The van der Waals surface area contributed by atoms with Crippen molar-refractivity contribution in [3.05, 3.63) is 84.2 Å². The van der Waals surface area contributed by atoms with Crippen LogP contribution in [0.25, 0.3) is 22.3 Å². The number of pyridine rings is 3. The summed E-state index contributed by atoms with van der Waals surface area (Å²) in [6.07, 6.45) is 3.18. The molecule has 0 unspecified atom stereocenters. The molecule has 4 aromatic rings. The van der Waals surface area contributed by atoms with E-state index in [0.717, 1.165) is 16.6 Å². The second kappa shape index (κ2) is 7.02. The first-order valence-electron chi connectivity index (χ1n) is 8.23. The lowest BCUT2D eigenvalue weighted by Gasteiger charge is -2.06. The SMILES string of the molecule is N#Cc1ccc(-c2ccc(C(=O)Nc3ccc4cccnc4n3)cn2)cc1. The highest BCUT2D eigenvalue weighted by atomic mass is 16.1. The van der Waals surface area contributed by atoms with Gasteiger partial charge < -0.3 is 5.32 Å². The van der Waals surface area contributed by atoms with Gasteiger partial charge in [-0.15, -0.1) is 0 Å². The van der Waals surface area contributed by atoms with Crippen LogP contribution in [0, 0.1) is 11.3 Å². The highest BCUT2D eigenvalue weighted by Gasteiger charge is 2.09. The van der Waals surface area contributed by atoms with Gasteiger partial charge >= 0.3 is 0 Å². The number of benzene rings is 1. The standard InChI is InChI=1S/C21H13N5O/c22-12-14-3-5-15(6-4-14)18-9-7-17(13-24-18)21(27)26-19-10-8-16-2-1-11-23-20(16)25-19/h1-11,13H,(H,23,25,26,27). The van der Waals surface area contributed by atoms with Gasteiger partial charge in [-0.05, 0) is 48.5 Å². The molecule has 0 aliphatic carbocycles. The van der Waals surface area contributed by atoms with Crippen LogP contribution in [0.5, 0.6) is 0 Å². The molecule has 0 saturated heterocycles. The van der Waals surface area contributed by atoms with Gasteiger partial charge in [-0.2, -0.15) is 5.26 Å². The van der Waals surface area contributed by atoms with Crippen molar-refractivity contribution in [1.29, 1.82) is 5.26 Å². The molecule has 4 rings (SSSR count). The molecule has 0 aliphatic heterocycles. The Balaban J connectivity index is 1.52. The minimum Gasteiger partial charge on any atom is -0.306 e. The number of carbonyl (C=O) groups is 1. The molecule has 0 atom stereocenters. The number of hydrogen-bond acceptors (Lipinski definition) is 5. The van der Waals surface area contributed by atoms with Gasteiger partial charge in [-0.1, -0.05) is 12.1 Å². The summed E-state index contributed by atoms with van der Waals surface area (Å²) in [7, 11) is 0. The molecular weight excluding hydrogens is 338 g/mol. The van der Waals surface area contributed by atoms with E-state index < -0.39 is 0 Å². The third-order valence-corrected chi connectivity index (χ3v) is 4.04. The summed E-state index contributed by atoms with van der Waals surface area (Å²) in [6, 6.07) is 20.0. The summed E-state index contributed by atoms with van der Waals surface area (Å²) in [6.45, 7) is 0. The molecule has 1 aromatic carbocycles. The minimum atomic E-state index is -0.295. The van der Waals surface area contributed by atoms with Crippen LogP contribution in [0.4, 0.5) is 5.82 Å². The van der Waals surface area contributed by atoms with E-state index in [4.69, 9.17) is 5.26 Å². The molecule has 1 N–H and O–H groups in total. The molecule has 0 fully saturated rings. The topological polar surface area (TPSA) is 91.6 Å². The Bertz CT molecular complexity index is 1160.